The lowest BCUT2D eigenvalue weighted by molar-refractivity contribution is 0.592. The van der Waals surface area contributed by atoms with Crippen molar-refractivity contribution in [3.63, 3.8) is 0 Å². The van der Waals surface area contributed by atoms with Crippen LogP contribution in [0, 0.1) is 0 Å². The first-order valence-corrected chi connectivity index (χ1v) is 7.99. The summed E-state index contributed by atoms with van der Waals surface area (Å²) in [6, 6.07) is 16.5. The Hall–Kier alpha value is -3.16. The van der Waals surface area contributed by atoms with Gasteiger partial charge in [0.2, 0.25) is 14.9 Å². The fourth-order valence-electron chi connectivity index (χ4n) is 2.02. The summed E-state index contributed by atoms with van der Waals surface area (Å²) < 4.78 is 26.5. The first-order valence-electron chi connectivity index (χ1n) is 6.51. The van der Waals surface area contributed by atoms with Gasteiger partial charge in [0.15, 0.2) is 5.82 Å². The lowest BCUT2D eigenvalue weighted by Crippen LogP contribution is -2.03. The minimum Gasteiger partial charge on any atom is -0.217 e. The minimum absolute atomic E-state index is 0.0505. The van der Waals surface area contributed by atoms with Gasteiger partial charge >= 0.3 is 0 Å². The second kappa shape index (κ2) is 5.91. The van der Waals surface area contributed by atoms with Crippen molar-refractivity contribution in [1.82, 2.24) is 15.0 Å². The molecule has 9 heteroatoms. The summed E-state index contributed by atoms with van der Waals surface area (Å²) in [5, 5.41) is 10.6. The highest BCUT2D eigenvalue weighted by Crippen LogP contribution is 2.29. The fourth-order valence-corrected chi connectivity index (χ4v) is 3.27. The van der Waals surface area contributed by atoms with E-state index in [2.05, 4.69) is 20.3 Å². The van der Waals surface area contributed by atoms with Gasteiger partial charge in [0.05, 0.1) is 10.6 Å². The van der Waals surface area contributed by atoms with E-state index in [4.69, 9.17) is 5.53 Å². The Morgan fingerprint density at radius 1 is 1.00 bits per heavy atom. The van der Waals surface area contributed by atoms with Crippen molar-refractivity contribution in [3.05, 3.63) is 71.1 Å². The predicted octanol–water partition coefficient (Wildman–Crippen LogP) is 3.04. The van der Waals surface area contributed by atoms with E-state index in [1.165, 1.54) is 16.8 Å². The molecule has 23 heavy (non-hydrogen) atoms. The zero-order valence-electron chi connectivity index (χ0n) is 11.7. The van der Waals surface area contributed by atoms with Crippen molar-refractivity contribution in [3.8, 4) is 5.69 Å². The number of rotatable bonds is 4. The molecule has 0 saturated heterocycles. The largest absolute Gasteiger partial charge is 0.227 e. The Balaban J connectivity index is 2.22. The van der Waals surface area contributed by atoms with Crippen LogP contribution in [0.1, 0.15) is 0 Å². The lowest BCUT2D eigenvalue weighted by atomic mass is 10.3. The number of sulfone groups is 1. The normalized spacial score (nSPS) is 11.0. The first-order chi connectivity index (χ1) is 11.1. The van der Waals surface area contributed by atoms with Gasteiger partial charge in [-0.2, -0.15) is 0 Å². The van der Waals surface area contributed by atoms with Crippen LogP contribution in [0.15, 0.2) is 75.7 Å². The topological polar surface area (TPSA) is 114 Å². The van der Waals surface area contributed by atoms with Crippen molar-refractivity contribution in [2.45, 2.75) is 9.92 Å². The molecule has 0 radical (unpaired) electrons. The lowest BCUT2D eigenvalue weighted by Gasteiger charge is -2.04. The number of hydrogen-bond acceptors (Lipinski definition) is 5. The summed E-state index contributed by atoms with van der Waals surface area (Å²) in [5.74, 6) is -0.178. The van der Waals surface area contributed by atoms with Crippen molar-refractivity contribution in [1.29, 1.82) is 0 Å². The van der Waals surface area contributed by atoms with Crippen LogP contribution < -0.4 is 0 Å². The van der Waals surface area contributed by atoms with Crippen LogP contribution in [0.3, 0.4) is 0 Å². The molecule has 3 aromatic rings. The van der Waals surface area contributed by atoms with Crippen LogP contribution in [0.2, 0.25) is 0 Å². The molecule has 114 valence electrons. The van der Waals surface area contributed by atoms with Crippen molar-refractivity contribution >= 4 is 15.7 Å². The molecule has 0 N–H and O–H groups in total. The molecule has 2 aromatic carbocycles. The molecule has 0 amide bonds. The average molecular weight is 326 g/mol. The maximum atomic E-state index is 12.7. The molecule has 0 atom stereocenters. The molecule has 1 heterocycles. The summed E-state index contributed by atoms with van der Waals surface area (Å²) in [7, 11) is -3.94. The van der Waals surface area contributed by atoms with Crippen molar-refractivity contribution < 1.29 is 8.42 Å². The average Bonchev–Trinajstić information content (AvgIpc) is 3.01. The van der Waals surface area contributed by atoms with Gasteiger partial charge in [-0.05, 0) is 34.9 Å². The third-order valence-electron chi connectivity index (χ3n) is 3.07. The number of benzene rings is 2. The van der Waals surface area contributed by atoms with Crippen LogP contribution in [0.5, 0.6) is 0 Å². The molecular formula is C14H10N6O2S. The molecular weight excluding hydrogens is 316 g/mol. The van der Waals surface area contributed by atoms with Crippen LogP contribution in [0.4, 0.5) is 5.82 Å². The second-order valence-corrected chi connectivity index (χ2v) is 6.34. The van der Waals surface area contributed by atoms with Gasteiger partial charge in [0.1, 0.15) is 0 Å². The number of hydrogen-bond donors (Lipinski definition) is 0. The highest BCUT2D eigenvalue weighted by atomic mass is 32.2. The first kappa shape index (κ1) is 14.8. The Morgan fingerprint density at radius 3 is 2.22 bits per heavy atom. The SMILES string of the molecule is [N-]=[N+]=Nc1c(S(=O)(=O)c2ccccc2)nnn1-c1ccccc1. The Kier molecular flexibility index (Phi) is 3.80. The van der Waals surface area contributed by atoms with E-state index >= 15 is 0 Å². The molecule has 0 aliphatic carbocycles. The molecule has 0 saturated carbocycles. The molecule has 3 rings (SSSR count). The van der Waals surface area contributed by atoms with Gasteiger partial charge in [-0.25, -0.2) is 13.1 Å². The number of azide groups is 1. The number of aromatic nitrogens is 3. The number of para-hydroxylation sites is 1. The quantitative estimate of drug-likeness (QED) is 0.416. The van der Waals surface area contributed by atoms with Gasteiger partial charge in [0, 0.05) is 4.91 Å². The molecule has 0 unspecified atom stereocenters. The minimum atomic E-state index is -3.94. The molecule has 0 aliphatic heterocycles. The second-order valence-electron chi connectivity index (χ2n) is 4.47. The molecule has 0 spiro atoms. The summed E-state index contributed by atoms with van der Waals surface area (Å²) in [5.41, 5.74) is 9.30. The Labute approximate surface area is 131 Å². The predicted molar refractivity (Wildman–Crippen MR) is 82.1 cm³/mol. The summed E-state index contributed by atoms with van der Waals surface area (Å²) in [6.07, 6.45) is 0. The highest BCUT2D eigenvalue weighted by Gasteiger charge is 2.27. The van der Waals surface area contributed by atoms with Crippen LogP contribution in [-0.2, 0) is 9.84 Å². The molecule has 0 bridgehead atoms. The van der Waals surface area contributed by atoms with Gasteiger partial charge < -0.3 is 0 Å². The van der Waals surface area contributed by atoms with E-state index < -0.39 is 9.84 Å². The van der Waals surface area contributed by atoms with E-state index in [-0.39, 0.29) is 15.7 Å². The van der Waals surface area contributed by atoms with Gasteiger partial charge in [0.25, 0.3) is 0 Å². The van der Waals surface area contributed by atoms with Crippen LogP contribution >= 0.6 is 0 Å². The third kappa shape index (κ3) is 2.66. The zero-order chi connectivity index (χ0) is 16.3. The maximum absolute atomic E-state index is 12.7. The summed E-state index contributed by atoms with van der Waals surface area (Å²) in [4.78, 5) is 2.74. The van der Waals surface area contributed by atoms with E-state index in [0.717, 1.165) is 0 Å². The molecule has 1 aromatic heterocycles. The summed E-state index contributed by atoms with van der Waals surface area (Å²) in [6.45, 7) is 0. The van der Waals surface area contributed by atoms with Gasteiger partial charge in [-0.3, -0.25) is 0 Å². The zero-order valence-corrected chi connectivity index (χ0v) is 12.5. The monoisotopic (exact) mass is 326 g/mol. The maximum Gasteiger partial charge on any atom is 0.227 e. The summed E-state index contributed by atoms with van der Waals surface area (Å²) >= 11 is 0. The third-order valence-corrected chi connectivity index (χ3v) is 4.73. The van der Waals surface area contributed by atoms with E-state index in [9.17, 15) is 8.42 Å². The highest BCUT2D eigenvalue weighted by molar-refractivity contribution is 7.91. The molecule has 0 aliphatic rings. The van der Waals surface area contributed by atoms with Gasteiger partial charge in [-0.15, -0.1) is 5.10 Å². The number of nitrogens with zero attached hydrogens (tertiary/aromatic N) is 6. The molecule has 8 nitrogen and oxygen atoms in total. The molecule has 0 fully saturated rings. The smallest absolute Gasteiger partial charge is 0.217 e. The van der Waals surface area contributed by atoms with Crippen LogP contribution in [0.25, 0.3) is 16.1 Å². The van der Waals surface area contributed by atoms with Crippen molar-refractivity contribution in [2.24, 2.45) is 5.11 Å². The standard InChI is InChI=1S/C14H10N6O2S/c15-18-16-13-14(23(21,22)12-9-5-2-6-10-12)17-19-20(13)11-7-3-1-4-8-11/h1-10H. The fraction of sp³-hybridized carbons (Fsp3) is 0. The van der Waals surface area contributed by atoms with Gasteiger partial charge in [-0.1, -0.05) is 41.6 Å². The Morgan fingerprint density at radius 2 is 1.61 bits per heavy atom. The van der Waals surface area contributed by atoms with Crippen LogP contribution in [-0.4, -0.2) is 23.4 Å². The van der Waals surface area contributed by atoms with E-state index in [0.29, 0.717) is 5.69 Å². The van der Waals surface area contributed by atoms with E-state index in [1.54, 1.807) is 48.5 Å². The Bertz CT molecular complexity index is 977. The van der Waals surface area contributed by atoms with Crippen molar-refractivity contribution in [2.75, 3.05) is 0 Å². The van der Waals surface area contributed by atoms with E-state index in [1.807, 2.05) is 0 Å².